The van der Waals surface area contributed by atoms with Crippen LogP contribution in [0.25, 0.3) is 22.4 Å². The fourth-order valence-electron chi connectivity index (χ4n) is 1.73. The van der Waals surface area contributed by atoms with E-state index in [0.29, 0.717) is 5.82 Å². The van der Waals surface area contributed by atoms with Crippen LogP contribution in [0.5, 0.6) is 0 Å². The van der Waals surface area contributed by atoms with E-state index in [1.165, 1.54) is 12.1 Å². The first-order valence-corrected chi connectivity index (χ1v) is 5.28. The number of pyridine rings is 1. The quantitative estimate of drug-likeness (QED) is 0.576. The molecular weight excluding hydrogens is 268 g/mol. The summed E-state index contributed by atoms with van der Waals surface area (Å²) in [5, 5.41) is 10.6. The lowest BCUT2D eigenvalue weighted by molar-refractivity contribution is -0.384. The van der Waals surface area contributed by atoms with E-state index in [1.807, 2.05) is 0 Å². The maximum atomic E-state index is 10.6. The van der Waals surface area contributed by atoms with E-state index in [0.717, 1.165) is 16.6 Å². The second-order valence-corrected chi connectivity index (χ2v) is 3.78. The molecule has 2 heterocycles. The van der Waals surface area contributed by atoms with Crippen molar-refractivity contribution in [3.05, 3.63) is 52.8 Å². The van der Waals surface area contributed by atoms with Crippen LogP contribution in [0.3, 0.4) is 0 Å². The molecule has 0 spiro atoms. The summed E-state index contributed by atoms with van der Waals surface area (Å²) in [6.45, 7) is 0. The third kappa shape index (κ3) is 2.38. The molecule has 1 N–H and O–H groups in total. The molecule has 0 aliphatic heterocycles. The summed E-state index contributed by atoms with van der Waals surface area (Å²) in [5.74, 6) is 0.674. The molecule has 0 fully saturated rings. The Labute approximate surface area is 114 Å². The Balaban J connectivity index is 0.00000133. The van der Waals surface area contributed by atoms with Gasteiger partial charge >= 0.3 is 0 Å². The van der Waals surface area contributed by atoms with E-state index in [4.69, 9.17) is 0 Å². The number of nitrogens with zero attached hydrogens (tertiary/aromatic N) is 3. The van der Waals surface area contributed by atoms with E-state index in [2.05, 4.69) is 15.0 Å². The molecule has 1 aromatic carbocycles. The molecule has 96 valence electrons. The van der Waals surface area contributed by atoms with Crippen LogP contribution in [0, 0.1) is 10.1 Å². The van der Waals surface area contributed by atoms with Crippen molar-refractivity contribution in [2.45, 2.75) is 0 Å². The van der Waals surface area contributed by atoms with Gasteiger partial charge in [-0.15, -0.1) is 12.4 Å². The van der Waals surface area contributed by atoms with Crippen LogP contribution in [0.15, 0.2) is 42.7 Å². The van der Waals surface area contributed by atoms with Crippen molar-refractivity contribution in [2.75, 3.05) is 0 Å². The molecular formula is C12H9ClN4O2. The lowest BCUT2D eigenvalue weighted by Gasteiger charge is -1.95. The monoisotopic (exact) mass is 276 g/mol. The highest BCUT2D eigenvalue weighted by atomic mass is 35.5. The molecule has 0 saturated heterocycles. The fraction of sp³-hybridized carbons (Fsp3) is 0. The van der Waals surface area contributed by atoms with Crippen molar-refractivity contribution in [3.63, 3.8) is 0 Å². The number of rotatable bonds is 2. The Bertz CT molecular complexity index is 691. The van der Waals surface area contributed by atoms with Crippen LogP contribution < -0.4 is 0 Å². The molecule has 6 nitrogen and oxygen atoms in total. The van der Waals surface area contributed by atoms with Gasteiger partial charge < -0.3 is 4.98 Å². The smallest absolute Gasteiger partial charge is 0.269 e. The minimum atomic E-state index is -0.424. The van der Waals surface area contributed by atoms with Gasteiger partial charge in [0.1, 0.15) is 5.82 Å². The van der Waals surface area contributed by atoms with Crippen molar-refractivity contribution >= 4 is 29.1 Å². The van der Waals surface area contributed by atoms with Gasteiger partial charge in [-0.2, -0.15) is 0 Å². The van der Waals surface area contributed by atoms with Crippen LogP contribution in [0.1, 0.15) is 0 Å². The number of imidazole rings is 1. The number of fused-ring (bicyclic) bond motifs is 1. The van der Waals surface area contributed by atoms with E-state index in [-0.39, 0.29) is 18.1 Å². The second kappa shape index (κ2) is 5.03. The Morgan fingerprint density at radius 1 is 1.16 bits per heavy atom. The molecule has 0 aliphatic carbocycles. The first-order chi connectivity index (χ1) is 8.74. The van der Waals surface area contributed by atoms with Crippen LogP contribution in [0.4, 0.5) is 5.69 Å². The van der Waals surface area contributed by atoms with Crippen LogP contribution in [0.2, 0.25) is 0 Å². The van der Waals surface area contributed by atoms with Crippen molar-refractivity contribution < 1.29 is 4.92 Å². The van der Waals surface area contributed by atoms with Gasteiger partial charge in [-0.05, 0) is 18.2 Å². The molecule has 0 unspecified atom stereocenters. The van der Waals surface area contributed by atoms with E-state index in [1.54, 1.807) is 30.6 Å². The van der Waals surface area contributed by atoms with Crippen molar-refractivity contribution in [2.24, 2.45) is 0 Å². The summed E-state index contributed by atoms with van der Waals surface area (Å²) in [6.07, 6.45) is 3.36. The van der Waals surface area contributed by atoms with Crippen molar-refractivity contribution in [1.82, 2.24) is 15.0 Å². The molecule has 3 rings (SSSR count). The standard InChI is InChI=1S/C12H8N4O2.ClH/c17-16(18)9-3-1-8(2-4-9)12-14-10-5-6-13-7-11(10)15-12;/h1-7H,(H,14,15);1H. The Morgan fingerprint density at radius 2 is 1.89 bits per heavy atom. The predicted octanol–water partition coefficient (Wildman–Crippen LogP) is 2.95. The Hall–Kier alpha value is -2.47. The molecule has 2 aromatic heterocycles. The fourth-order valence-corrected chi connectivity index (χ4v) is 1.73. The first kappa shape index (κ1) is 13.0. The predicted molar refractivity (Wildman–Crippen MR) is 73.2 cm³/mol. The highest BCUT2D eigenvalue weighted by molar-refractivity contribution is 5.85. The maximum absolute atomic E-state index is 10.6. The third-order valence-corrected chi connectivity index (χ3v) is 2.63. The Kier molecular flexibility index (Phi) is 3.43. The highest BCUT2D eigenvalue weighted by Gasteiger charge is 2.08. The number of non-ortho nitro benzene ring substituents is 1. The van der Waals surface area contributed by atoms with Crippen LogP contribution in [-0.4, -0.2) is 19.9 Å². The first-order valence-electron chi connectivity index (χ1n) is 5.28. The number of nitro benzene ring substituents is 1. The number of halogens is 1. The van der Waals surface area contributed by atoms with Crippen LogP contribution in [-0.2, 0) is 0 Å². The number of nitro groups is 1. The van der Waals surface area contributed by atoms with Crippen molar-refractivity contribution in [1.29, 1.82) is 0 Å². The topological polar surface area (TPSA) is 84.7 Å². The van der Waals surface area contributed by atoms with Gasteiger partial charge in [0, 0.05) is 23.9 Å². The summed E-state index contributed by atoms with van der Waals surface area (Å²) in [5.41, 5.74) is 2.53. The number of aromatic amines is 1. The van der Waals surface area contributed by atoms with Gasteiger partial charge in [0.25, 0.3) is 5.69 Å². The molecule has 0 radical (unpaired) electrons. The summed E-state index contributed by atoms with van der Waals surface area (Å²) in [6, 6.07) is 8.06. The van der Waals surface area contributed by atoms with Gasteiger partial charge in [0.2, 0.25) is 0 Å². The summed E-state index contributed by atoms with van der Waals surface area (Å²) < 4.78 is 0. The second-order valence-electron chi connectivity index (χ2n) is 3.78. The largest absolute Gasteiger partial charge is 0.337 e. The number of benzene rings is 1. The number of aromatic nitrogens is 3. The van der Waals surface area contributed by atoms with Gasteiger partial charge in [0.05, 0.1) is 22.2 Å². The molecule has 0 bridgehead atoms. The van der Waals surface area contributed by atoms with Gasteiger partial charge in [-0.25, -0.2) is 4.98 Å². The van der Waals surface area contributed by atoms with Crippen LogP contribution >= 0.6 is 12.4 Å². The lowest BCUT2D eigenvalue weighted by Crippen LogP contribution is -1.87. The minimum absolute atomic E-state index is 0. The van der Waals surface area contributed by atoms with Gasteiger partial charge in [-0.3, -0.25) is 15.1 Å². The minimum Gasteiger partial charge on any atom is -0.337 e. The molecule has 0 amide bonds. The number of hydrogen-bond acceptors (Lipinski definition) is 4. The molecule has 7 heteroatoms. The van der Waals surface area contributed by atoms with E-state index in [9.17, 15) is 10.1 Å². The van der Waals surface area contributed by atoms with E-state index < -0.39 is 4.92 Å². The molecule has 3 aromatic rings. The zero-order valence-electron chi connectivity index (χ0n) is 9.61. The summed E-state index contributed by atoms with van der Waals surface area (Å²) in [4.78, 5) is 21.6. The SMILES string of the molecule is Cl.O=[N+]([O-])c1ccc(-c2nc3ccncc3[nH]2)cc1. The normalized spacial score (nSPS) is 10.1. The molecule has 19 heavy (non-hydrogen) atoms. The third-order valence-electron chi connectivity index (χ3n) is 2.63. The summed E-state index contributed by atoms with van der Waals surface area (Å²) in [7, 11) is 0. The van der Waals surface area contributed by atoms with Gasteiger partial charge in [-0.1, -0.05) is 0 Å². The van der Waals surface area contributed by atoms with Gasteiger partial charge in [0.15, 0.2) is 0 Å². The zero-order valence-corrected chi connectivity index (χ0v) is 10.4. The number of hydrogen-bond donors (Lipinski definition) is 1. The summed E-state index contributed by atoms with van der Waals surface area (Å²) >= 11 is 0. The molecule has 0 saturated carbocycles. The average molecular weight is 277 g/mol. The Morgan fingerprint density at radius 3 is 2.53 bits per heavy atom. The lowest BCUT2D eigenvalue weighted by atomic mass is 10.2. The number of nitrogens with one attached hydrogen (secondary N) is 1. The van der Waals surface area contributed by atoms with Crippen molar-refractivity contribution in [3.8, 4) is 11.4 Å². The van der Waals surface area contributed by atoms with E-state index >= 15 is 0 Å². The average Bonchev–Trinajstić information content (AvgIpc) is 2.82. The highest BCUT2D eigenvalue weighted by Crippen LogP contribution is 2.22. The number of H-pyrrole nitrogens is 1. The molecule has 0 aliphatic rings. The zero-order chi connectivity index (χ0) is 12.5. The maximum Gasteiger partial charge on any atom is 0.269 e. The molecule has 0 atom stereocenters.